The lowest BCUT2D eigenvalue weighted by molar-refractivity contribution is -0.152. The molecule has 0 spiro atoms. The fraction of sp³-hybridized carbons (Fsp3) is 0.400. The third-order valence-electron chi connectivity index (χ3n) is 5.30. The summed E-state index contributed by atoms with van der Waals surface area (Å²) < 4.78 is 8.89. The molecule has 0 saturated carbocycles. The third-order valence-corrected chi connectivity index (χ3v) is 5.30. The van der Waals surface area contributed by atoms with Gasteiger partial charge in [-0.05, 0) is 56.4 Å². The van der Waals surface area contributed by atoms with Crippen LogP contribution in [0.25, 0.3) is 0 Å². The fourth-order valence-corrected chi connectivity index (χ4v) is 3.49. The Hall–Kier alpha value is -3.35. The molecule has 0 aliphatic heterocycles. The predicted molar refractivity (Wildman–Crippen MR) is 123 cm³/mol. The van der Waals surface area contributed by atoms with Crippen molar-refractivity contribution in [3.63, 3.8) is 0 Å². The largest absolute Gasteiger partial charge is 0.478 e. The quantitative estimate of drug-likeness (QED) is 0.491. The number of aromatic nitrogens is 3. The molecular weight excluding hydrogens is 406 g/mol. The van der Waals surface area contributed by atoms with E-state index in [2.05, 4.69) is 12.0 Å². The van der Waals surface area contributed by atoms with E-state index in [1.807, 2.05) is 42.5 Å². The minimum atomic E-state index is -1.27. The van der Waals surface area contributed by atoms with Gasteiger partial charge < -0.3 is 9.84 Å². The Morgan fingerprint density at radius 3 is 2.34 bits per heavy atom. The van der Waals surface area contributed by atoms with Gasteiger partial charge in [0.1, 0.15) is 11.6 Å². The van der Waals surface area contributed by atoms with Crippen LogP contribution in [0.4, 0.5) is 0 Å². The molecule has 170 valence electrons. The second-order valence-electron chi connectivity index (χ2n) is 8.41. The van der Waals surface area contributed by atoms with E-state index >= 15 is 0 Å². The lowest BCUT2D eigenvalue weighted by atomic mass is 10.1. The molecule has 1 N–H and O–H groups in total. The predicted octanol–water partition coefficient (Wildman–Crippen LogP) is 3.92. The molecule has 3 aromatic rings. The summed E-state index contributed by atoms with van der Waals surface area (Å²) >= 11 is 0. The molecule has 3 rings (SSSR count). The van der Waals surface area contributed by atoms with Crippen molar-refractivity contribution in [1.29, 1.82) is 0 Å². The van der Waals surface area contributed by atoms with E-state index in [1.165, 1.54) is 13.8 Å². The minimum absolute atomic E-state index is 0.0618. The van der Waals surface area contributed by atoms with E-state index in [1.54, 1.807) is 21.4 Å². The Labute approximate surface area is 188 Å². The van der Waals surface area contributed by atoms with Gasteiger partial charge in [0.15, 0.2) is 5.60 Å². The van der Waals surface area contributed by atoms with E-state index in [4.69, 9.17) is 4.74 Å². The van der Waals surface area contributed by atoms with Crippen LogP contribution in [0.1, 0.15) is 50.6 Å². The fourth-order valence-electron chi connectivity index (χ4n) is 3.49. The number of carboxylic acid groups (broad SMARTS) is 1. The summed E-state index contributed by atoms with van der Waals surface area (Å²) in [5.74, 6) is 0.333. The van der Waals surface area contributed by atoms with Gasteiger partial charge in [-0.3, -0.25) is 4.57 Å². The summed E-state index contributed by atoms with van der Waals surface area (Å²) in [6, 6.07) is 17.3. The highest BCUT2D eigenvalue weighted by molar-refractivity contribution is 5.76. The average molecular weight is 438 g/mol. The van der Waals surface area contributed by atoms with Crippen molar-refractivity contribution in [2.75, 3.05) is 0 Å². The Kier molecular flexibility index (Phi) is 7.51. The SMILES string of the molecule is CCCn1c(CCCc2ccc(OC(C)(C)C(=O)O)cc2)nn(Cc2ccccc2)c1=O. The highest BCUT2D eigenvalue weighted by Gasteiger charge is 2.29. The van der Waals surface area contributed by atoms with Crippen LogP contribution in [0, 0.1) is 0 Å². The Balaban J connectivity index is 1.63. The number of hydrogen-bond donors (Lipinski definition) is 1. The lowest BCUT2D eigenvalue weighted by Gasteiger charge is -2.21. The number of rotatable bonds is 11. The van der Waals surface area contributed by atoms with E-state index in [-0.39, 0.29) is 5.69 Å². The van der Waals surface area contributed by atoms with Gasteiger partial charge in [-0.2, -0.15) is 5.10 Å². The van der Waals surface area contributed by atoms with Gasteiger partial charge in [-0.1, -0.05) is 49.4 Å². The maximum Gasteiger partial charge on any atom is 0.347 e. The normalized spacial score (nSPS) is 11.5. The summed E-state index contributed by atoms with van der Waals surface area (Å²) in [6.07, 6.45) is 3.26. The van der Waals surface area contributed by atoms with E-state index in [9.17, 15) is 14.7 Å². The molecule has 7 nitrogen and oxygen atoms in total. The molecule has 0 saturated heterocycles. The number of aliphatic carboxylic acids is 1. The highest BCUT2D eigenvalue weighted by Crippen LogP contribution is 2.20. The van der Waals surface area contributed by atoms with Crippen molar-refractivity contribution in [2.45, 2.75) is 65.1 Å². The number of hydrogen-bond acceptors (Lipinski definition) is 4. The van der Waals surface area contributed by atoms with Crippen LogP contribution >= 0.6 is 0 Å². The molecule has 1 heterocycles. The molecule has 2 aromatic carbocycles. The number of nitrogens with zero attached hydrogens (tertiary/aromatic N) is 3. The molecule has 32 heavy (non-hydrogen) atoms. The van der Waals surface area contributed by atoms with Crippen LogP contribution < -0.4 is 10.4 Å². The van der Waals surface area contributed by atoms with Crippen LogP contribution in [0.3, 0.4) is 0 Å². The van der Waals surface area contributed by atoms with E-state index < -0.39 is 11.6 Å². The van der Waals surface area contributed by atoms with Crippen molar-refractivity contribution in [3.8, 4) is 5.75 Å². The summed E-state index contributed by atoms with van der Waals surface area (Å²) in [7, 11) is 0. The van der Waals surface area contributed by atoms with Gasteiger partial charge in [-0.15, -0.1) is 0 Å². The zero-order valence-corrected chi connectivity index (χ0v) is 19.0. The van der Waals surface area contributed by atoms with Gasteiger partial charge in [0, 0.05) is 13.0 Å². The molecular formula is C25H31N3O4. The summed E-state index contributed by atoms with van der Waals surface area (Å²) in [4.78, 5) is 24.0. The van der Waals surface area contributed by atoms with Crippen LogP contribution in [0.2, 0.25) is 0 Å². The Morgan fingerprint density at radius 2 is 1.72 bits per heavy atom. The summed E-state index contributed by atoms with van der Waals surface area (Å²) in [5.41, 5.74) is 0.839. The van der Waals surface area contributed by atoms with Crippen molar-refractivity contribution in [3.05, 3.63) is 82.0 Å². The average Bonchev–Trinajstić information content (AvgIpc) is 3.05. The van der Waals surface area contributed by atoms with Crippen LogP contribution in [0.15, 0.2) is 59.4 Å². The molecule has 7 heteroatoms. The molecule has 0 amide bonds. The zero-order chi connectivity index (χ0) is 23.1. The second-order valence-corrected chi connectivity index (χ2v) is 8.41. The topological polar surface area (TPSA) is 86.3 Å². The number of aryl methyl sites for hydroxylation is 2. The molecule has 0 aliphatic rings. The summed E-state index contributed by atoms with van der Waals surface area (Å²) in [6.45, 7) is 6.23. The van der Waals surface area contributed by atoms with Crippen molar-refractivity contribution in [1.82, 2.24) is 14.3 Å². The standard InChI is InChI=1S/C25H31N3O4/c1-4-17-27-22(26-28(24(27)31)18-20-9-6-5-7-10-20)12-8-11-19-13-15-21(16-14-19)32-25(2,3)23(29)30/h5-7,9-10,13-16H,4,8,11-12,17-18H2,1-3H3,(H,29,30). The Morgan fingerprint density at radius 1 is 1.03 bits per heavy atom. The van der Waals surface area contributed by atoms with Gasteiger partial charge in [0.05, 0.1) is 6.54 Å². The van der Waals surface area contributed by atoms with Crippen molar-refractivity contribution >= 4 is 5.97 Å². The third kappa shape index (κ3) is 5.87. The van der Waals surface area contributed by atoms with E-state index in [0.717, 1.165) is 36.2 Å². The first-order valence-electron chi connectivity index (χ1n) is 11.0. The molecule has 1 aromatic heterocycles. The summed E-state index contributed by atoms with van der Waals surface area (Å²) in [5, 5.41) is 13.8. The minimum Gasteiger partial charge on any atom is -0.478 e. The maximum atomic E-state index is 12.8. The van der Waals surface area contributed by atoms with Crippen molar-refractivity contribution in [2.24, 2.45) is 0 Å². The maximum absolute atomic E-state index is 12.8. The monoisotopic (exact) mass is 437 g/mol. The smallest absolute Gasteiger partial charge is 0.347 e. The number of benzene rings is 2. The van der Waals surface area contributed by atoms with Gasteiger partial charge in [-0.25, -0.2) is 14.3 Å². The molecule has 0 bridgehead atoms. The number of carbonyl (C=O) groups is 1. The van der Waals surface area contributed by atoms with Crippen molar-refractivity contribution < 1.29 is 14.6 Å². The van der Waals surface area contributed by atoms with Crippen LogP contribution in [0.5, 0.6) is 5.75 Å². The van der Waals surface area contributed by atoms with Crippen LogP contribution in [-0.2, 0) is 30.7 Å². The lowest BCUT2D eigenvalue weighted by Crippen LogP contribution is -2.37. The molecule has 0 radical (unpaired) electrons. The van der Waals surface area contributed by atoms with Gasteiger partial charge in [0.2, 0.25) is 0 Å². The first kappa shape index (κ1) is 23.3. The van der Waals surface area contributed by atoms with Gasteiger partial charge >= 0.3 is 11.7 Å². The first-order valence-corrected chi connectivity index (χ1v) is 11.0. The molecule has 0 fully saturated rings. The van der Waals surface area contributed by atoms with Crippen LogP contribution in [-0.4, -0.2) is 31.0 Å². The van der Waals surface area contributed by atoms with E-state index in [0.29, 0.717) is 25.3 Å². The molecule has 0 aliphatic carbocycles. The Bertz CT molecular complexity index is 1080. The number of ether oxygens (including phenoxy) is 1. The number of carboxylic acids is 1. The molecule has 0 atom stereocenters. The van der Waals surface area contributed by atoms with Gasteiger partial charge in [0.25, 0.3) is 0 Å². The molecule has 0 unspecified atom stereocenters. The first-order chi connectivity index (χ1) is 15.3. The second kappa shape index (κ2) is 10.3. The zero-order valence-electron chi connectivity index (χ0n) is 19.0. The highest BCUT2D eigenvalue weighted by atomic mass is 16.5.